The molecule has 1 aliphatic heterocycles. The Balaban J connectivity index is 2.94. The molecular formula is C10H17NO2. The Morgan fingerprint density at radius 1 is 1.54 bits per heavy atom. The van der Waals surface area contributed by atoms with Crippen molar-refractivity contribution in [3.05, 3.63) is 11.1 Å². The first-order valence-corrected chi connectivity index (χ1v) is 4.66. The molecule has 0 atom stereocenters. The summed E-state index contributed by atoms with van der Waals surface area (Å²) in [5.41, 5.74) is 1.72. The molecule has 0 radical (unpaired) electrons. The van der Waals surface area contributed by atoms with E-state index in [2.05, 4.69) is 18.7 Å². The molecule has 0 fully saturated rings. The van der Waals surface area contributed by atoms with E-state index >= 15 is 0 Å². The molecule has 3 heteroatoms. The van der Waals surface area contributed by atoms with Crippen LogP contribution in [0.1, 0.15) is 20.3 Å². The summed E-state index contributed by atoms with van der Waals surface area (Å²) in [6.07, 6.45) is 0.899. The maximum Gasteiger partial charge on any atom is 0.332 e. The lowest BCUT2D eigenvalue weighted by Gasteiger charge is -2.27. The molecule has 1 N–H and O–H groups in total. The molecule has 1 aliphatic rings. The van der Waals surface area contributed by atoms with Crippen LogP contribution in [0, 0.1) is 5.92 Å². The average Bonchev–Trinajstić information content (AvgIpc) is 2.03. The van der Waals surface area contributed by atoms with E-state index in [1.165, 1.54) is 0 Å². The number of carboxylic acids is 1. The summed E-state index contributed by atoms with van der Waals surface area (Å²) in [6, 6.07) is 0. The highest BCUT2D eigenvalue weighted by Crippen LogP contribution is 2.23. The lowest BCUT2D eigenvalue weighted by Crippen LogP contribution is -2.32. The fourth-order valence-electron chi connectivity index (χ4n) is 1.75. The Morgan fingerprint density at radius 2 is 2.15 bits per heavy atom. The summed E-state index contributed by atoms with van der Waals surface area (Å²) in [5, 5.41) is 8.99. The standard InChI is InChI=1S/C10H17NO2/c1-7(2)8-4-5-11(3)6-9(8)10(12)13/h7H,4-6H2,1-3H3,(H,12,13). The van der Waals surface area contributed by atoms with Gasteiger partial charge in [-0.2, -0.15) is 0 Å². The van der Waals surface area contributed by atoms with Gasteiger partial charge in [-0.05, 0) is 19.4 Å². The summed E-state index contributed by atoms with van der Waals surface area (Å²) in [4.78, 5) is 13.0. The fraction of sp³-hybridized carbons (Fsp3) is 0.700. The van der Waals surface area contributed by atoms with Gasteiger partial charge in [0.2, 0.25) is 0 Å². The highest BCUT2D eigenvalue weighted by Gasteiger charge is 2.22. The van der Waals surface area contributed by atoms with E-state index in [9.17, 15) is 4.79 Å². The van der Waals surface area contributed by atoms with Gasteiger partial charge < -0.3 is 10.0 Å². The number of hydrogen-bond acceptors (Lipinski definition) is 2. The highest BCUT2D eigenvalue weighted by molar-refractivity contribution is 5.88. The van der Waals surface area contributed by atoms with E-state index in [0.29, 0.717) is 18.0 Å². The largest absolute Gasteiger partial charge is 0.478 e. The minimum absolute atomic E-state index is 0.361. The van der Waals surface area contributed by atoms with Crippen molar-refractivity contribution in [3.63, 3.8) is 0 Å². The Bertz CT molecular complexity index is 243. The number of likely N-dealkylation sites (N-methyl/N-ethyl adjacent to an activating group) is 1. The van der Waals surface area contributed by atoms with Gasteiger partial charge in [-0.1, -0.05) is 19.4 Å². The van der Waals surface area contributed by atoms with Crippen LogP contribution in [-0.2, 0) is 4.79 Å². The van der Waals surface area contributed by atoms with Gasteiger partial charge >= 0.3 is 5.97 Å². The summed E-state index contributed by atoms with van der Waals surface area (Å²) in [7, 11) is 1.96. The smallest absolute Gasteiger partial charge is 0.332 e. The summed E-state index contributed by atoms with van der Waals surface area (Å²) in [6.45, 7) is 5.68. The Hall–Kier alpha value is -0.830. The third-order valence-electron chi connectivity index (χ3n) is 2.53. The molecule has 0 saturated heterocycles. The topological polar surface area (TPSA) is 40.5 Å². The SMILES string of the molecule is CC(C)C1=C(C(=O)O)CN(C)CC1. The number of hydrogen-bond donors (Lipinski definition) is 1. The third-order valence-corrected chi connectivity index (χ3v) is 2.53. The first-order valence-electron chi connectivity index (χ1n) is 4.66. The second kappa shape index (κ2) is 3.92. The van der Waals surface area contributed by atoms with Crippen molar-refractivity contribution < 1.29 is 9.90 Å². The molecule has 74 valence electrons. The molecule has 1 heterocycles. The Labute approximate surface area is 79.0 Å². The zero-order chi connectivity index (χ0) is 10.0. The first kappa shape index (κ1) is 10.3. The van der Waals surface area contributed by atoms with Crippen molar-refractivity contribution in [2.75, 3.05) is 20.1 Å². The molecule has 0 bridgehead atoms. The maximum atomic E-state index is 10.9. The number of rotatable bonds is 2. The number of aliphatic carboxylic acids is 1. The van der Waals surface area contributed by atoms with Gasteiger partial charge in [0.15, 0.2) is 0 Å². The van der Waals surface area contributed by atoms with Gasteiger partial charge in [-0.25, -0.2) is 4.79 Å². The lowest BCUT2D eigenvalue weighted by molar-refractivity contribution is -0.133. The monoisotopic (exact) mass is 183 g/mol. The van der Waals surface area contributed by atoms with Gasteiger partial charge in [0.25, 0.3) is 0 Å². The molecule has 3 nitrogen and oxygen atoms in total. The fourth-order valence-corrected chi connectivity index (χ4v) is 1.75. The maximum absolute atomic E-state index is 10.9. The van der Waals surface area contributed by atoms with E-state index in [4.69, 9.17) is 5.11 Å². The van der Waals surface area contributed by atoms with Crippen LogP contribution in [0.15, 0.2) is 11.1 Å². The highest BCUT2D eigenvalue weighted by atomic mass is 16.4. The third kappa shape index (κ3) is 2.31. The van der Waals surface area contributed by atoms with Crippen LogP contribution >= 0.6 is 0 Å². The molecule has 0 unspecified atom stereocenters. The van der Waals surface area contributed by atoms with E-state index in [-0.39, 0.29) is 0 Å². The summed E-state index contributed by atoms with van der Waals surface area (Å²) >= 11 is 0. The van der Waals surface area contributed by atoms with Gasteiger partial charge in [-0.3, -0.25) is 0 Å². The van der Waals surface area contributed by atoms with Crippen LogP contribution < -0.4 is 0 Å². The van der Waals surface area contributed by atoms with Gasteiger partial charge in [0.1, 0.15) is 0 Å². The van der Waals surface area contributed by atoms with Gasteiger partial charge in [0.05, 0.1) is 5.57 Å². The van der Waals surface area contributed by atoms with E-state index in [1.807, 2.05) is 7.05 Å². The van der Waals surface area contributed by atoms with Crippen molar-refractivity contribution in [1.29, 1.82) is 0 Å². The van der Waals surface area contributed by atoms with Crippen LogP contribution in [0.3, 0.4) is 0 Å². The number of nitrogens with zero attached hydrogens (tertiary/aromatic N) is 1. The van der Waals surface area contributed by atoms with Gasteiger partial charge in [-0.15, -0.1) is 0 Å². The van der Waals surface area contributed by atoms with E-state index in [0.717, 1.165) is 18.5 Å². The zero-order valence-corrected chi connectivity index (χ0v) is 8.50. The van der Waals surface area contributed by atoms with Crippen LogP contribution in [0.4, 0.5) is 0 Å². The lowest BCUT2D eigenvalue weighted by atomic mass is 9.91. The minimum Gasteiger partial charge on any atom is -0.478 e. The molecule has 1 rings (SSSR count). The summed E-state index contributed by atoms with van der Waals surface area (Å²) in [5.74, 6) is -0.393. The second-order valence-electron chi connectivity index (χ2n) is 3.95. The van der Waals surface area contributed by atoms with Crippen LogP contribution in [0.2, 0.25) is 0 Å². The minimum atomic E-state index is -0.754. The van der Waals surface area contributed by atoms with Crippen LogP contribution in [0.5, 0.6) is 0 Å². The van der Waals surface area contributed by atoms with Crippen molar-refractivity contribution in [3.8, 4) is 0 Å². The molecule has 0 spiro atoms. The molecular weight excluding hydrogens is 166 g/mol. The second-order valence-corrected chi connectivity index (χ2v) is 3.95. The molecule has 0 aromatic rings. The zero-order valence-electron chi connectivity index (χ0n) is 8.50. The molecule has 0 saturated carbocycles. The summed E-state index contributed by atoms with van der Waals surface area (Å²) < 4.78 is 0. The predicted molar refractivity (Wildman–Crippen MR) is 51.6 cm³/mol. The van der Waals surface area contributed by atoms with Crippen molar-refractivity contribution in [2.45, 2.75) is 20.3 Å². The van der Waals surface area contributed by atoms with E-state index in [1.54, 1.807) is 0 Å². The van der Waals surface area contributed by atoms with Gasteiger partial charge in [0, 0.05) is 13.1 Å². The van der Waals surface area contributed by atoms with Crippen molar-refractivity contribution in [2.24, 2.45) is 5.92 Å². The quantitative estimate of drug-likeness (QED) is 0.702. The number of carboxylic acid groups (broad SMARTS) is 1. The Kier molecular flexibility index (Phi) is 3.09. The molecule has 0 aliphatic carbocycles. The molecule has 0 aromatic heterocycles. The molecule has 0 amide bonds. The molecule has 0 aromatic carbocycles. The van der Waals surface area contributed by atoms with Crippen molar-refractivity contribution >= 4 is 5.97 Å². The van der Waals surface area contributed by atoms with Crippen LogP contribution in [0.25, 0.3) is 0 Å². The van der Waals surface area contributed by atoms with Crippen LogP contribution in [-0.4, -0.2) is 36.1 Å². The number of carbonyl (C=O) groups is 1. The Morgan fingerprint density at radius 3 is 2.62 bits per heavy atom. The van der Waals surface area contributed by atoms with E-state index < -0.39 is 5.97 Å². The van der Waals surface area contributed by atoms with Crippen molar-refractivity contribution in [1.82, 2.24) is 4.90 Å². The average molecular weight is 183 g/mol. The normalized spacial score (nSPS) is 19.7. The first-order chi connectivity index (χ1) is 6.02. The molecule has 13 heavy (non-hydrogen) atoms. The predicted octanol–water partition coefficient (Wildman–Crippen LogP) is 1.36.